The van der Waals surface area contributed by atoms with Crippen LogP contribution in [0.3, 0.4) is 0 Å². The molecule has 506 valence electrons. The van der Waals surface area contributed by atoms with Crippen LogP contribution in [0, 0.1) is 17.5 Å². The van der Waals surface area contributed by atoms with Crippen molar-refractivity contribution in [2.45, 2.75) is 115 Å². The third-order valence-electron chi connectivity index (χ3n) is 16.5. The van der Waals surface area contributed by atoms with Crippen LogP contribution in [0.5, 0.6) is 17.2 Å². The largest absolute Gasteiger partial charge is 0.573 e. The fraction of sp³-hybridized carbons (Fsp3) is 0.280. The summed E-state index contributed by atoms with van der Waals surface area (Å²) in [5.74, 6) is -1.71. The summed E-state index contributed by atoms with van der Waals surface area (Å²) in [5, 5.41) is 23.7. The van der Waals surface area contributed by atoms with Gasteiger partial charge in [0.15, 0.2) is 0 Å². The number of hydrogen-bond donors (Lipinski definition) is 3. The number of fused-ring (bicyclic) bond motifs is 3. The molecule has 9 nitrogen and oxygen atoms in total. The summed E-state index contributed by atoms with van der Waals surface area (Å²) in [4.78, 5) is 4.03. The van der Waals surface area contributed by atoms with Crippen molar-refractivity contribution in [1.82, 2.24) is 0 Å². The van der Waals surface area contributed by atoms with Crippen LogP contribution in [0.2, 0.25) is 0 Å². The van der Waals surface area contributed by atoms with Crippen LogP contribution >= 0.6 is 0 Å². The summed E-state index contributed by atoms with van der Waals surface area (Å²) in [6.45, 7) is 6.99. The minimum atomic E-state index is -4.77. The number of alkyl halides is 9. The minimum absolute atomic E-state index is 0.132. The Balaban J connectivity index is 0.000000165. The van der Waals surface area contributed by atoms with Gasteiger partial charge in [-0.2, -0.15) is 0 Å². The molecule has 1 fully saturated rings. The lowest BCUT2D eigenvalue weighted by Gasteiger charge is -2.41. The molecule has 3 N–H and O–H groups in total. The highest BCUT2D eigenvalue weighted by Crippen LogP contribution is 2.46. The number of anilines is 3. The monoisotopic (exact) mass is 1340 g/mol. The molecule has 0 saturated carbocycles. The molecule has 1 unspecified atom stereocenters. The highest BCUT2D eigenvalue weighted by Gasteiger charge is 2.36. The third-order valence-corrected chi connectivity index (χ3v) is 16.5. The van der Waals surface area contributed by atoms with Crippen molar-refractivity contribution in [3.63, 3.8) is 0 Å². The number of hydrogen-bond acceptors (Lipinski definition) is 9. The van der Waals surface area contributed by atoms with E-state index in [0.717, 1.165) is 85.7 Å². The highest BCUT2D eigenvalue weighted by atomic mass is 19.4. The van der Waals surface area contributed by atoms with E-state index < -0.39 is 31.3 Å². The Bertz CT molecular complexity index is 3940. The Morgan fingerprint density at radius 1 is 0.469 bits per heavy atom. The van der Waals surface area contributed by atoms with Gasteiger partial charge in [0, 0.05) is 33.1 Å². The number of ether oxygens (including phenoxy) is 4. The number of nitrogens with one attached hydrogen (secondary N) is 1. The maximum Gasteiger partial charge on any atom is 0.573 e. The number of aliphatic hydroxyl groups is 2. The van der Waals surface area contributed by atoms with Gasteiger partial charge >= 0.3 is 19.1 Å². The molecule has 9 aromatic rings. The van der Waals surface area contributed by atoms with E-state index in [1.54, 1.807) is 56.3 Å². The zero-order valence-electron chi connectivity index (χ0n) is 54.3. The summed E-state index contributed by atoms with van der Waals surface area (Å²) in [7, 11) is 0. The molecule has 9 aromatic carbocycles. The van der Waals surface area contributed by atoms with Gasteiger partial charge in [0.2, 0.25) is 0 Å². The number of benzene rings is 9. The Labute approximate surface area is 551 Å². The first-order chi connectivity index (χ1) is 46.7. The van der Waals surface area contributed by atoms with Gasteiger partial charge in [-0.3, -0.25) is 0 Å². The van der Waals surface area contributed by atoms with E-state index in [0.29, 0.717) is 62.4 Å². The van der Waals surface area contributed by atoms with Crippen molar-refractivity contribution < 1.29 is 84.8 Å². The van der Waals surface area contributed by atoms with Crippen LogP contribution in [0.15, 0.2) is 200 Å². The third kappa shape index (κ3) is 18.8. The average Bonchev–Trinajstić information content (AvgIpc) is 0.918. The lowest BCUT2D eigenvalue weighted by atomic mass is 9.86. The molecule has 0 spiro atoms. The summed E-state index contributed by atoms with van der Waals surface area (Å²) < 4.78 is 182. The molecule has 0 amide bonds. The van der Waals surface area contributed by atoms with E-state index in [2.05, 4.69) is 26.5 Å². The zero-order chi connectivity index (χ0) is 70.5. The molecular formula is C75H71F12N3O6. The van der Waals surface area contributed by atoms with Gasteiger partial charge in [0.1, 0.15) is 34.7 Å². The molecule has 13 rings (SSSR count). The standard InChI is InChI=1S/2C25H23F4NO2.C22H17F4NO.C3H6O.H2/c2*1-16(31)15-30-23(18-6-3-8-20(14-18)32-25(27,28)29)12-11-22-21(9-4-10-24(22)30)17-5-2-7-19(26)13-17;23-16-6-1-4-14(12-16)18-8-3-9-21-19(18)10-11-20(27-21)15-5-2-7-17(13-15)28-22(24,25)26;1-3-2-4-3;/h2*2-10,13-14,16,23,31H,11-12,15H2,1H3;1-9,12-13,20,27H,10-11H2;3H,2H2,1H3;1H/t16-,23+;16-,23-;;3-;/m11.1./s1/i;;;;1+1D. The Morgan fingerprint density at radius 3 is 1.17 bits per heavy atom. The fourth-order valence-corrected chi connectivity index (χ4v) is 12.6. The van der Waals surface area contributed by atoms with Crippen LogP contribution in [-0.4, -0.2) is 67.3 Å². The van der Waals surface area contributed by atoms with Crippen molar-refractivity contribution in [1.29, 1.82) is 0 Å². The number of halogens is 12. The molecule has 21 heteroatoms. The second-order valence-electron chi connectivity index (χ2n) is 23.8. The maximum atomic E-state index is 13.8. The van der Waals surface area contributed by atoms with Crippen molar-refractivity contribution >= 4 is 17.1 Å². The Kier molecular flexibility index (Phi) is 21.5. The van der Waals surface area contributed by atoms with Crippen molar-refractivity contribution in [2.75, 3.05) is 34.8 Å². The van der Waals surface area contributed by atoms with Gasteiger partial charge in [-0.25, -0.2) is 13.2 Å². The topological polar surface area (TPSA) is 99.2 Å². The van der Waals surface area contributed by atoms with Crippen molar-refractivity contribution in [3.05, 3.63) is 251 Å². The number of nitrogens with zero attached hydrogens (tertiary/aromatic N) is 2. The van der Waals surface area contributed by atoms with Crippen LogP contribution < -0.4 is 29.3 Å². The normalized spacial score (nSPS) is 17.8. The first kappa shape index (κ1) is 68.2. The zero-order valence-corrected chi connectivity index (χ0v) is 52.3. The van der Waals surface area contributed by atoms with E-state index in [1.165, 1.54) is 84.9 Å². The van der Waals surface area contributed by atoms with Crippen LogP contribution in [0.25, 0.3) is 33.4 Å². The SMILES string of the molecule is C[C@@H](O)CN1c2cccc(-c3cccc(F)c3)c2CC[C@@H]1c1cccc(OC(F)(F)F)c1.C[C@@H](O)CN1c2cccc(-c3cccc(F)c3)c2CC[C@H]1c1cccc(OC(F)(F)F)c1.C[C@@H]1CO1.Fc1cccc(-c2cccc3c2CCC(c2cccc(OC(F)(F)F)c2)N3)c1.[2H][2H]. The van der Waals surface area contributed by atoms with Crippen LogP contribution in [0.4, 0.5) is 69.7 Å². The van der Waals surface area contributed by atoms with Crippen molar-refractivity contribution in [3.8, 4) is 50.6 Å². The smallest absolute Gasteiger partial charge is 0.406 e. The van der Waals surface area contributed by atoms with Gasteiger partial charge in [0.25, 0.3) is 0 Å². The number of rotatable bonds is 13. The first-order valence-corrected chi connectivity index (χ1v) is 31.2. The molecule has 96 heavy (non-hydrogen) atoms. The second-order valence-corrected chi connectivity index (χ2v) is 23.8. The van der Waals surface area contributed by atoms with Gasteiger partial charge in [-0.1, -0.05) is 109 Å². The molecular weight excluding hydrogens is 1270 g/mol. The predicted octanol–water partition coefficient (Wildman–Crippen LogP) is 19.7. The quantitative estimate of drug-likeness (QED) is 0.0770. The fourth-order valence-electron chi connectivity index (χ4n) is 12.6. The van der Waals surface area contributed by atoms with E-state index in [4.69, 9.17) is 7.71 Å². The molecule has 0 bridgehead atoms. The summed E-state index contributed by atoms with van der Waals surface area (Å²) >= 11 is 0. The summed E-state index contributed by atoms with van der Waals surface area (Å²) in [6, 6.07) is 53.9. The second kappa shape index (κ2) is 30.3. The van der Waals surface area contributed by atoms with E-state index in [-0.39, 0.29) is 52.8 Å². The maximum absolute atomic E-state index is 13.8. The van der Waals surface area contributed by atoms with Crippen molar-refractivity contribution in [2.24, 2.45) is 0 Å². The summed E-state index contributed by atoms with van der Waals surface area (Å²) in [6.07, 6.45) is -11.0. The molecule has 0 aliphatic carbocycles. The molecule has 4 heterocycles. The van der Waals surface area contributed by atoms with E-state index in [9.17, 15) is 62.9 Å². The molecule has 4 aliphatic rings. The molecule has 6 atom stereocenters. The van der Waals surface area contributed by atoms with Gasteiger partial charge in [0.05, 0.1) is 43.0 Å². The van der Waals surface area contributed by atoms with E-state index >= 15 is 0 Å². The number of β-amino-alcohol motifs (C(OH)–C–C–N with tert-alkyl or cyclic N) is 2. The van der Waals surface area contributed by atoms with Crippen LogP contribution in [0.1, 0.15) is 94.5 Å². The predicted molar refractivity (Wildman–Crippen MR) is 347 cm³/mol. The highest BCUT2D eigenvalue weighted by molar-refractivity contribution is 5.78. The lowest BCUT2D eigenvalue weighted by Crippen LogP contribution is -2.38. The number of epoxide rings is 1. The Hall–Kier alpha value is -9.18. The van der Waals surface area contributed by atoms with Gasteiger partial charge in [-0.05, 0) is 217 Å². The van der Waals surface area contributed by atoms with E-state index in [1.807, 2.05) is 82.6 Å². The first-order valence-electron chi connectivity index (χ1n) is 32.2. The molecule has 0 radical (unpaired) electrons. The summed E-state index contributed by atoms with van der Waals surface area (Å²) in [5.41, 5.74) is 13.0. The molecule has 0 aromatic heterocycles. The lowest BCUT2D eigenvalue weighted by molar-refractivity contribution is -0.275. The molecule has 1 saturated heterocycles. The van der Waals surface area contributed by atoms with Gasteiger partial charge in [-0.15, -0.1) is 39.5 Å². The molecule has 4 aliphatic heterocycles. The minimum Gasteiger partial charge on any atom is -0.406 e. The average molecular weight is 1340 g/mol. The van der Waals surface area contributed by atoms with Crippen LogP contribution in [-0.2, 0) is 24.0 Å². The van der Waals surface area contributed by atoms with Gasteiger partial charge < -0.3 is 44.3 Å². The number of aliphatic hydroxyl groups excluding tert-OH is 2. The Morgan fingerprint density at radius 2 is 0.802 bits per heavy atom.